The Kier molecular flexibility index (Phi) is 5.35. The van der Waals surface area contributed by atoms with Gasteiger partial charge in [0.2, 0.25) is 0 Å². The van der Waals surface area contributed by atoms with Crippen molar-refractivity contribution in [1.82, 2.24) is 0 Å². The van der Waals surface area contributed by atoms with Crippen LogP contribution in [0.1, 0.15) is 16.7 Å². The second-order valence-corrected chi connectivity index (χ2v) is 6.75. The Bertz CT molecular complexity index is 1260. The van der Waals surface area contributed by atoms with E-state index in [9.17, 15) is 15.2 Å². The fourth-order valence-corrected chi connectivity index (χ4v) is 3.13. The van der Waals surface area contributed by atoms with Gasteiger partial charge in [-0.15, -0.1) is 0 Å². The summed E-state index contributed by atoms with van der Waals surface area (Å²) in [4.78, 5) is 14.8. The fourth-order valence-electron chi connectivity index (χ4n) is 3.13. The number of non-ortho nitro benzene ring substituents is 1. The van der Waals surface area contributed by atoms with Crippen molar-refractivity contribution in [2.24, 2.45) is 4.99 Å². The minimum atomic E-state index is -0.412. The van der Waals surface area contributed by atoms with Gasteiger partial charge in [-0.1, -0.05) is 54.6 Å². The molecule has 0 aliphatic rings. The number of hydrogen-bond donors (Lipinski definition) is 1. The molecule has 0 unspecified atom stereocenters. The summed E-state index contributed by atoms with van der Waals surface area (Å²) in [6.45, 7) is 0. The second-order valence-electron chi connectivity index (χ2n) is 6.75. The molecule has 0 saturated carbocycles. The molecule has 30 heavy (non-hydrogen) atoms. The minimum absolute atomic E-state index is 0.0756. The van der Waals surface area contributed by atoms with E-state index < -0.39 is 4.92 Å². The van der Waals surface area contributed by atoms with E-state index in [1.54, 1.807) is 24.4 Å². The molecule has 0 amide bonds. The van der Waals surface area contributed by atoms with Crippen LogP contribution in [0.15, 0.2) is 89.9 Å². The predicted molar refractivity (Wildman–Crippen MR) is 121 cm³/mol. The van der Waals surface area contributed by atoms with Gasteiger partial charge in [0.25, 0.3) is 5.69 Å². The van der Waals surface area contributed by atoms with Crippen molar-refractivity contribution in [2.45, 2.75) is 0 Å². The van der Waals surface area contributed by atoms with Crippen LogP contribution in [0.25, 0.3) is 22.9 Å². The average Bonchev–Trinajstić information content (AvgIpc) is 2.78. The number of phenols is 1. The van der Waals surface area contributed by atoms with Crippen molar-refractivity contribution in [2.75, 3.05) is 0 Å². The number of aromatic hydroxyl groups is 1. The molecule has 5 heteroatoms. The van der Waals surface area contributed by atoms with E-state index in [1.807, 2.05) is 66.7 Å². The van der Waals surface area contributed by atoms with E-state index in [1.165, 1.54) is 12.1 Å². The molecule has 0 aliphatic carbocycles. The van der Waals surface area contributed by atoms with Gasteiger partial charge in [0, 0.05) is 23.9 Å². The first-order valence-corrected chi connectivity index (χ1v) is 9.37. The van der Waals surface area contributed by atoms with E-state index in [0.717, 1.165) is 27.6 Å². The first kappa shape index (κ1) is 19.1. The minimum Gasteiger partial charge on any atom is -0.507 e. The number of rotatable bonds is 5. The van der Waals surface area contributed by atoms with Crippen molar-refractivity contribution in [3.8, 4) is 5.75 Å². The molecule has 1 N–H and O–H groups in total. The van der Waals surface area contributed by atoms with Crippen molar-refractivity contribution in [1.29, 1.82) is 0 Å². The SMILES string of the molecule is O=[N+]([O-])c1ccc(C=Cc2ccc(N=Cc3c(O)ccc4ccccc34)cc2)cc1. The van der Waals surface area contributed by atoms with Gasteiger partial charge in [-0.25, -0.2) is 0 Å². The number of benzene rings is 4. The van der Waals surface area contributed by atoms with Gasteiger partial charge in [0.05, 0.1) is 10.6 Å². The molecule has 4 rings (SSSR count). The molecule has 0 radical (unpaired) electrons. The fraction of sp³-hybridized carbons (Fsp3) is 0. The van der Waals surface area contributed by atoms with Gasteiger partial charge in [-0.05, 0) is 52.2 Å². The van der Waals surface area contributed by atoms with Crippen LogP contribution in [0.5, 0.6) is 5.75 Å². The van der Waals surface area contributed by atoms with E-state index in [0.29, 0.717) is 5.56 Å². The maximum atomic E-state index is 10.7. The molecule has 0 atom stereocenters. The molecule has 5 nitrogen and oxygen atoms in total. The van der Waals surface area contributed by atoms with Gasteiger partial charge in [0.1, 0.15) is 5.75 Å². The zero-order valence-electron chi connectivity index (χ0n) is 16.0. The van der Waals surface area contributed by atoms with Crippen LogP contribution in [0.4, 0.5) is 11.4 Å². The Balaban J connectivity index is 1.50. The highest BCUT2D eigenvalue weighted by Gasteiger charge is 2.04. The second kappa shape index (κ2) is 8.41. The van der Waals surface area contributed by atoms with Crippen LogP contribution in [0.3, 0.4) is 0 Å². The van der Waals surface area contributed by atoms with Crippen LogP contribution in [-0.4, -0.2) is 16.2 Å². The van der Waals surface area contributed by atoms with Gasteiger partial charge in [-0.3, -0.25) is 15.1 Å². The number of hydrogen-bond acceptors (Lipinski definition) is 4. The maximum Gasteiger partial charge on any atom is 0.269 e. The molecule has 0 heterocycles. The molecule has 4 aromatic rings. The van der Waals surface area contributed by atoms with Crippen LogP contribution < -0.4 is 0 Å². The zero-order valence-corrected chi connectivity index (χ0v) is 16.0. The van der Waals surface area contributed by atoms with E-state index in [2.05, 4.69) is 4.99 Å². The first-order valence-electron chi connectivity index (χ1n) is 9.37. The summed E-state index contributed by atoms with van der Waals surface area (Å²) in [5, 5.41) is 22.9. The number of phenolic OH excluding ortho intramolecular Hbond substituents is 1. The number of fused-ring (bicyclic) bond motifs is 1. The molecule has 0 aromatic heterocycles. The lowest BCUT2D eigenvalue weighted by molar-refractivity contribution is -0.384. The van der Waals surface area contributed by atoms with E-state index in [-0.39, 0.29) is 11.4 Å². The monoisotopic (exact) mass is 394 g/mol. The van der Waals surface area contributed by atoms with Crippen LogP contribution in [0, 0.1) is 10.1 Å². The third-order valence-electron chi connectivity index (χ3n) is 4.76. The van der Waals surface area contributed by atoms with Crippen molar-refractivity contribution in [3.63, 3.8) is 0 Å². The van der Waals surface area contributed by atoms with Crippen molar-refractivity contribution in [3.05, 3.63) is 112 Å². The molecular formula is C25H18N2O3. The quantitative estimate of drug-likeness (QED) is 0.185. The van der Waals surface area contributed by atoms with Crippen LogP contribution in [-0.2, 0) is 0 Å². The Morgan fingerprint density at radius 2 is 1.43 bits per heavy atom. The van der Waals surface area contributed by atoms with E-state index >= 15 is 0 Å². The molecular weight excluding hydrogens is 376 g/mol. The van der Waals surface area contributed by atoms with Crippen LogP contribution in [0.2, 0.25) is 0 Å². The third-order valence-corrected chi connectivity index (χ3v) is 4.76. The summed E-state index contributed by atoms with van der Waals surface area (Å²) in [5.74, 6) is 0.195. The highest BCUT2D eigenvalue weighted by atomic mass is 16.6. The highest BCUT2D eigenvalue weighted by molar-refractivity contribution is 6.03. The number of nitrogens with zero attached hydrogens (tertiary/aromatic N) is 2. The summed E-state index contributed by atoms with van der Waals surface area (Å²) in [5.41, 5.74) is 3.41. The molecule has 0 bridgehead atoms. The molecule has 146 valence electrons. The topological polar surface area (TPSA) is 75.7 Å². The average molecular weight is 394 g/mol. The van der Waals surface area contributed by atoms with Crippen molar-refractivity contribution < 1.29 is 10.0 Å². The van der Waals surface area contributed by atoms with Crippen LogP contribution >= 0.6 is 0 Å². The Morgan fingerprint density at radius 3 is 2.10 bits per heavy atom. The normalized spacial score (nSPS) is 11.5. The summed E-state index contributed by atoms with van der Waals surface area (Å²) in [7, 11) is 0. The standard InChI is InChI=1S/C25H18N2O3/c28-25-16-11-20-3-1-2-4-23(20)24(25)17-26-21-12-7-18(8-13-21)5-6-19-9-14-22(15-10-19)27(29)30/h1-17,28H. The first-order chi connectivity index (χ1) is 14.6. The summed E-state index contributed by atoms with van der Waals surface area (Å²) in [6.07, 6.45) is 5.51. The van der Waals surface area contributed by atoms with Gasteiger partial charge in [0.15, 0.2) is 0 Å². The lowest BCUT2D eigenvalue weighted by Crippen LogP contribution is -1.86. The van der Waals surface area contributed by atoms with Gasteiger partial charge >= 0.3 is 0 Å². The predicted octanol–water partition coefficient (Wildman–Crippen LogP) is 6.37. The highest BCUT2D eigenvalue weighted by Crippen LogP contribution is 2.26. The zero-order chi connectivity index (χ0) is 20.9. The molecule has 0 fully saturated rings. The van der Waals surface area contributed by atoms with Gasteiger partial charge in [-0.2, -0.15) is 0 Å². The largest absolute Gasteiger partial charge is 0.507 e. The van der Waals surface area contributed by atoms with Gasteiger partial charge < -0.3 is 5.11 Å². The number of nitro benzene ring substituents is 1. The Labute approximate surface area is 173 Å². The summed E-state index contributed by atoms with van der Waals surface area (Å²) < 4.78 is 0. The molecule has 0 spiro atoms. The Hall–Kier alpha value is -4.25. The summed E-state index contributed by atoms with van der Waals surface area (Å²) >= 11 is 0. The number of nitro groups is 1. The maximum absolute atomic E-state index is 10.7. The lowest BCUT2D eigenvalue weighted by Gasteiger charge is -2.04. The molecule has 0 aliphatic heterocycles. The Morgan fingerprint density at radius 1 is 0.800 bits per heavy atom. The smallest absolute Gasteiger partial charge is 0.269 e. The van der Waals surface area contributed by atoms with E-state index in [4.69, 9.17) is 0 Å². The molecule has 4 aromatic carbocycles. The van der Waals surface area contributed by atoms with Crippen molar-refractivity contribution >= 4 is 40.5 Å². The molecule has 0 saturated heterocycles. The summed E-state index contributed by atoms with van der Waals surface area (Å²) in [6, 6.07) is 25.5. The number of aliphatic imine (C=N–C) groups is 1. The third kappa shape index (κ3) is 4.25. The lowest BCUT2D eigenvalue weighted by atomic mass is 10.0.